The lowest BCUT2D eigenvalue weighted by atomic mass is 9.76. The Morgan fingerprint density at radius 2 is 1.91 bits per heavy atom. The smallest absolute Gasteiger partial charge is 0.0920 e. The maximum atomic E-state index is 10.7. The normalized spacial score (nSPS) is 42.8. The first-order valence-electron chi connectivity index (χ1n) is 9.06. The Hall–Kier alpha value is -0.640. The molecular weight excluding hydrogens is 288 g/mol. The average molecular weight is 322 g/mol. The summed E-state index contributed by atoms with van der Waals surface area (Å²) < 4.78 is 6.44. The third-order valence-electron chi connectivity index (χ3n) is 5.65. The molecule has 2 rings (SSSR count). The topological polar surface area (TPSA) is 49.7 Å². The highest BCUT2D eigenvalue weighted by Gasteiger charge is 2.43. The molecule has 2 bridgehead atoms. The van der Waals surface area contributed by atoms with Crippen LogP contribution in [-0.4, -0.2) is 33.6 Å². The van der Waals surface area contributed by atoms with Crippen LogP contribution in [0.2, 0.25) is 0 Å². The van der Waals surface area contributed by atoms with Gasteiger partial charge in [-0.15, -0.1) is 0 Å². The number of rotatable bonds is 1. The number of aliphatic hydroxyl groups excluding tert-OH is 1. The molecule has 0 aromatic heterocycles. The zero-order valence-electron chi connectivity index (χ0n) is 15.4. The Balaban J connectivity index is 2.32. The third-order valence-corrected chi connectivity index (χ3v) is 5.65. The summed E-state index contributed by atoms with van der Waals surface area (Å²) >= 11 is 0. The van der Waals surface area contributed by atoms with Gasteiger partial charge in [-0.05, 0) is 64.7 Å². The molecule has 0 radical (unpaired) electrons. The monoisotopic (exact) mass is 322 g/mol. The Bertz CT molecular complexity index is 464. The van der Waals surface area contributed by atoms with Gasteiger partial charge in [0.2, 0.25) is 0 Å². The van der Waals surface area contributed by atoms with Gasteiger partial charge in [0.1, 0.15) is 0 Å². The highest BCUT2D eigenvalue weighted by atomic mass is 16.5. The number of fused-ring (bicyclic) bond motifs is 2. The Morgan fingerprint density at radius 3 is 2.57 bits per heavy atom. The van der Waals surface area contributed by atoms with Crippen LogP contribution in [-0.2, 0) is 4.74 Å². The molecule has 5 atom stereocenters. The molecule has 1 fully saturated rings. The second kappa shape index (κ2) is 7.08. The van der Waals surface area contributed by atoms with Crippen molar-refractivity contribution in [2.75, 3.05) is 0 Å². The van der Waals surface area contributed by atoms with E-state index in [1.807, 2.05) is 26.0 Å². The van der Waals surface area contributed by atoms with E-state index in [0.717, 1.165) is 19.3 Å². The third kappa shape index (κ3) is 4.68. The minimum Gasteiger partial charge on any atom is -0.390 e. The van der Waals surface area contributed by atoms with Crippen molar-refractivity contribution >= 4 is 0 Å². The molecule has 0 saturated carbocycles. The van der Waals surface area contributed by atoms with Gasteiger partial charge in [0, 0.05) is 0 Å². The predicted molar refractivity (Wildman–Crippen MR) is 94.2 cm³/mol. The SMILES string of the molecule is CC1=CC2OC(C)(CCC2C(C)C)C(O)CCC(C)(O)C=CC1. The van der Waals surface area contributed by atoms with Gasteiger partial charge in [-0.1, -0.05) is 37.6 Å². The molecule has 3 nitrogen and oxygen atoms in total. The summed E-state index contributed by atoms with van der Waals surface area (Å²) in [5.74, 6) is 1.06. The van der Waals surface area contributed by atoms with Gasteiger partial charge in [0.25, 0.3) is 0 Å². The molecule has 0 aliphatic carbocycles. The van der Waals surface area contributed by atoms with E-state index in [1.165, 1.54) is 5.57 Å². The summed E-state index contributed by atoms with van der Waals surface area (Å²) in [6.07, 6.45) is 9.53. The van der Waals surface area contributed by atoms with Gasteiger partial charge in [-0.3, -0.25) is 0 Å². The van der Waals surface area contributed by atoms with Gasteiger partial charge >= 0.3 is 0 Å². The Morgan fingerprint density at radius 1 is 1.22 bits per heavy atom. The maximum absolute atomic E-state index is 10.7. The molecule has 0 aromatic rings. The van der Waals surface area contributed by atoms with Crippen LogP contribution in [0.1, 0.15) is 66.7 Å². The molecule has 2 N–H and O–H groups in total. The van der Waals surface area contributed by atoms with Gasteiger partial charge in [-0.25, -0.2) is 0 Å². The summed E-state index contributed by atoms with van der Waals surface area (Å²) in [5.41, 5.74) is -0.135. The molecule has 2 aliphatic rings. The van der Waals surface area contributed by atoms with Crippen molar-refractivity contribution in [3.8, 4) is 0 Å². The molecule has 2 heterocycles. The molecule has 0 spiro atoms. The van der Waals surface area contributed by atoms with E-state index in [1.54, 1.807) is 0 Å². The fourth-order valence-electron chi connectivity index (χ4n) is 3.85. The van der Waals surface area contributed by atoms with Crippen LogP contribution in [0.25, 0.3) is 0 Å². The van der Waals surface area contributed by atoms with Gasteiger partial charge < -0.3 is 14.9 Å². The largest absolute Gasteiger partial charge is 0.390 e. The highest BCUT2D eigenvalue weighted by molar-refractivity contribution is 5.13. The van der Waals surface area contributed by atoms with Crippen LogP contribution in [0, 0.1) is 11.8 Å². The van der Waals surface area contributed by atoms with Crippen LogP contribution in [0.15, 0.2) is 23.8 Å². The minimum atomic E-state index is -0.870. The zero-order valence-corrected chi connectivity index (χ0v) is 15.4. The Labute approximate surface area is 141 Å². The van der Waals surface area contributed by atoms with E-state index in [9.17, 15) is 10.2 Å². The molecule has 2 aliphatic heterocycles. The number of hydrogen-bond acceptors (Lipinski definition) is 3. The summed E-state index contributed by atoms with van der Waals surface area (Å²) in [4.78, 5) is 0. The van der Waals surface area contributed by atoms with Crippen LogP contribution in [0.4, 0.5) is 0 Å². The fourth-order valence-corrected chi connectivity index (χ4v) is 3.85. The van der Waals surface area contributed by atoms with Gasteiger partial charge in [-0.2, -0.15) is 0 Å². The lowest BCUT2D eigenvalue weighted by Gasteiger charge is -2.46. The van der Waals surface area contributed by atoms with Crippen molar-refractivity contribution in [3.05, 3.63) is 23.8 Å². The molecule has 3 heteroatoms. The van der Waals surface area contributed by atoms with Gasteiger partial charge in [0.05, 0.1) is 23.4 Å². The average Bonchev–Trinajstić information content (AvgIpc) is 2.43. The van der Waals surface area contributed by atoms with E-state index in [2.05, 4.69) is 26.8 Å². The lowest BCUT2D eigenvalue weighted by molar-refractivity contribution is -0.185. The Kier molecular flexibility index (Phi) is 5.76. The number of aliphatic hydroxyl groups is 2. The van der Waals surface area contributed by atoms with E-state index >= 15 is 0 Å². The van der Waals surface area contributed by atoms with Crippen molar-refractivity contribution in [1.82, 2.24) is 0 Å². The first-order chi connectivity index (χ1) is 10.6. The van der Waals surface area contributed by atoms with Crippen LogP contribution in [0.5, 0.6) is 0 Å². The highest BCUT2D eigenvalue weighted by Crippen LogP contribution is 2.40. The molecule has 0 amide bonds. The van der Waals surface area contributed by atoms with E-state index in [0.29, 0.717) is 24.7 Å². The lowest BCUT2D eigenvalue weighted by Crippen LogP contribution is -2.51. The molecule has 132 valence electrons. The number of ether oxygens (including phenoxy) is 1. The zero-order chi connectivity index (χ0) is 17.3. The summed E-state index contributed by atoms with van der Waals surface area (Å²) in [6, 6.07) is 0. The predicted octanol–water partition coefficient (Wildman–Crippen LogP) is 3.99. The van der Waals surface area contributed by atoms with E-state index in [4.69, 9.17) is 4.74 Å². The fraction of sp³-hybridized carbons (Fsp3) is 0.800. The van der Waals surface area contributed by atoms with Crippen molar-refractivity contribution < 1.29 is 14.9 Å². The molecular formula is C20H34O3. The van der Waals surface area contributed by atoms with Crippen LogP contribution in [0.3, 0.4) is 0 Å². The number of hydrogen-bond donors (Lipinski definition) is 2. The standard InChI is InChI=1S/C20H34O3/c1-14(2)16-8-12-20(5)18(21)9-11-19(4,22)10-6-7-15(3)13-17(16)23-20/h6,10,13-14,16-18,21-22H,7-9,11-12H2,1-5H3. The minimum absolute atomic E-state index is 0.0664. The van der Waals surface area contributed by atoms with Gasteiger partial charge in [0.15, 0.2) is 0 Å². The van der Waals surface area contributed by atoms with Crippen molar-refractivity contribution in [2.45, 2.75) is 90.1 Å². The first-order valence-corrected chi connectivity index (χ1v) is 9.06. The second-order valence-electron chi connectivity index (χ2n) is 8.37. The van der Waals surface area contributed by atoms with Crippen LogP contribution < -0.4 is 0 Å². The first kappa shape index (κ1) is 18.7. The van der Waals surface area contributed by atoms with Crippen molar-refractivity contribution in [3.63, 3.8) is 0 Å². The molecule has 5 unspecified atom stereocenters. The van der Waals surface area contributed by atoms with Crippen molar-refractivity contribution in [2.24, 2.45) is 11.8 Å². The summed E-state index contributed by atoms with van der Waals surface area (Å²) in [7, 11) is 0. The number of allylic oxidation sites excluding steroid dienone is 2. The maximum Gasteiger partial charge on any atom is 0.0920 e. The molecule has 0 aromatic carbocycles. The summed E-state index contributed by atoms with van der Waals surface area (Å²) in [5, 5.41) is 21.1. The molecule has 23 heavy (non-hydrogen) atoms. The molecule has 1 saturated heterocycles. The van der Waals surface area contributed by atoms with E-state index in [-0.39, 0.29) is 6.10 Å². The second-order valence-corrected chi connectivity index (χ2v) is 8.37. The quantitative estimate of drug-likeness (QED) is 0.718. The van der Waals surface area contributed by atoms with Crippen molar-refractivity contribution in [1.29, 1.82) is 0 Å². The summed E-state index contributed by atoms with van der Waals surface area (Å²) in [6.45, 7) is 10.5. The van der Waals surface area contributed by atoms with Crippen LogP contribution >= 0.6 is 0 Å². The van der Waals surface area contributed by atoms with E-state index < -0.39 is 17.3 Å².